The van der Waals surface area contributed by atoms with Crippen molar-refractivity contribution in [3.8, 4) is 5.75 Å². The average Bonchev–Trinajstić information content (AvgIpc) is 2.68. The second-order valence-electron chi connectivity index (χ2n) is 8.33. The first-order valence-corrected chi connectivity index (χ1v) is 10.9. The lowest BCUT2D eigenvalue weighted by Crippen LogP contribution is -2.24. The zero-order chi connectivity index (χ0) is 21.4. The van der Waals surface area contributed by atoms with Gasteiger partial charge >= 0.3 is 0 Å². The van der Waals surface area contributed by atoms with E-state index in [0.717, 1.165) is 11.1 Å². The first-order valence-electron chi connectivity index (χ1n) is 9.42. The van der Waals surface area contributed by atoms with Gasteiger partial charge in [0.15, 0.2) is 0 Å². The van der Waals surface area contributed by atoms with Crippen molar-refractivity contribution < 1.29 is 18.1 Å². The van der Waals surface area contributed by atoms with E-state index in [9.17, 15) is 18.1 Å². The Kier molecular flexibility index (Phi) is 5.32. The summed E-state index contributed by atoms with van der Waals surface area (Å²) >= 11 is 0. The highest BCUT2D eigenvalue weighted by atomic mass is 32.2. The second kappa shape index (κ2) is 7.32. The molecule has 0 atom stereocenters. The Morgan fingerprint density at radius 1 is 0.690 bits per heavy atom. The summed E-state index contributed by atoms with van der Waals surface area (Å²) in [6.07, 6.45) is 0. The predicted molar refractivity (Wildman–Crippen MR) is 115 cm³/mol. The van der Waals surface area contributed by atoms with E-state index in [2.05, 4.69) is 0 Å². The molecule has 0 radical (unpaired) electrons. The lowest BCUT2D eigenvalue weighted by molar-refractivity contribution is 0.425. The van der Waals surface area contributed by atoms with Crippen LogP contribution in [0.4, 0.5) is 0 Å². The minimum absolute atomic E-state index is 0.422. The molecule has 0 heterocycles. The van der Waals surface area contributed by atoms with Crippen LogP contribution in [0.25, 0.3) is 0 Å². The van der Waals surface area contributed by atoms with E-state index in [1.54, 1.807) is 0 Å². The molecule has 0 fully saturated rings. The van der Waals surface area contributed by atoms with Gasteiger partial charge in [0.05, 0.1) is 0 Å². The van der Waals surface area contributed by atoms with Crippen molar-refractivity contribution >= 4 is 10.1 Å². The fourth-order valence-corrected chi connectivity index (χ4v) is 4.30. The molecule has 0 aliphatic heterocycles. The maximum atomic E-state index is 12.1. The van der Waals surface area contributed by atoms with Crippen LogP contribution < -0.4 is 0 Å². The van der Waals surface area contributed by atoms with E-state index in [-0.39, 0.29) is 0 Å². The van der Waals surface area contributed by atoms with Gasteiger partial charge in [0.25, 0.3) is 10.1 Å². The first-order chi connectivity index (χ1) is 13.5. The van der Waals surface area contributed by atoms with Crippen LogP contribution in [0.5, 0.6) is 5.75 Å². The van der Waals surface area contributed by atoms with Crippen molar-refractivity contribution in [3.05, 3.63) is 95.1 Å². The van der Waals surface area contributed by atoms with E-state index in [0.29, 0.717) is 11.1 Å². The molecule has 0 aliphatic carbocycles. The molecule has 0 amide bonds. The molecule has 3 rings (SSSR count). The third kappa shape index (κ3) is 3.93. The van der Waals surface area contributed by atoms with Crippen LogP contribution in [0.3, 0.4) is 0 Å². The number of hydrogen-bond donors (Lipinski definition) is 2. The maximum Gasteiger partial charge on any atom is 0.298 e. The minimum atomic E-state index is -4.61. The first kappa shape index (κ1) is 21.1. The molecule has 29 heavy (non-hydrogen) atoms. The molecule has 152 valence electrons. The Labute approximate surface area is 172 Å². The summed E-state index contributed by atoms with van der Waals surface area (Å²) in [5.74, 6) is -0.422. The van der Waals surface area contributed by atoms with E-state index < -0.39 is 31.6 Å². The van der Waals surface area contributed by atoms with Gasteiger partial charge in [-0.2, -0.15) is 8.42 Å². The number of hydrogen-bond acceptors (Lipinski definition) is 3. The molecule has 0 aromatic heterocycles. The summed E-state index contributed by atoms with van der Waals surface area (Å²) in [4.78, 5) is -0.474. The third-order valence-corrected chi connectivity index (χ3v) is 6.61. The highest BCUT2D eigenvalue weighted by Gasteiger charge is 2.34. The van der Waals surface area contributed by atoms with Gasteiger partial charge in [-0.25, -0.2) is 0 Å². The van der Waals surface area contributed by atoms with Gasteiger partial charge in [0.1, 0.15) is 10.6 Å². The summed E-state index contributed by atoms with van der Waals surface area (Å²) in [5.41, 5.74) is 1.82. The average molecular weight is 411 g/mol. The number of benzene rings is 3. The number of phenolic OH excluding ortho intramolecular Hbond substituents is 1. The molecule has 0 unspecified atom stereocenters. The van der Waals surface area contributed by atoms with Gasteiger partial charge in [0, 0.05) is 16.4 Å². The van der Waals surface area contributed by atoms with E-state index in [1.165, 1.54) is 6.07 Å². The molecular formula is C24H26O4S. The zero-order valence-corrected chi connectivity index (χ0v) is 17.9. The largest absolute Gasteiger partial charge is 0.506 e. The second-order valence-corrected chi connectivity index (χ2v) is 9.72. The molecule has 0 aliphatic rings. The predicted octanol–water partition coefficient (Wildman–Crippen LogP) is 5.29. The van der Waals surface area contributed by atoms with Crippen LogP contribution >= 0.6 is 0 Å². The van der Waals surface area contributed by atoms with Gasteiger partial charge < -0.3 is 5.11 Å². The summed E-state index contributed by atoms with van der Waals surface area (Å²) in [5, 5.41) is 10.8. The molecule has 3 aromatic carbocycles. The van der Waals surface area contributed by atoms with Crippen molar-refractivity contribution in [1.82, 2.24) is 0 Å². The van der Waals surface area contributed by atoms with Crippen LogP contribution in [-0.2, 0) is 20.9 Å². The molecule has 2 N–H and O–H groups in total. The molecule has 3 aromatic rings. The maximum absolute atomic E-state index is 12.1. The molecule has 0 bridgehead atoms. The number of rotatable bonds is 5. The van der Waals surface area contributed by atoms with Crippen molar-refractivity contribution in [2.45, 2.75) is 43.4 Å². The van der Waals surface area contributed by atoms with E-state index in [1.807, 2.05) is 94.4 Å². The smallest absolute Gasteiger partial charge is 0.298 e. The Hall–Kier alpha value is -2.63. The van der Waals surface area contributed by atoms with E-state index in [4.69, 9.17) is 0 Å². The number of aromatic hydroxyl groups is 1. The quantitative estimate of drug-likeness (QED) is 0.561. The monoisotopic (exact) mass is 410 g/mol. The molecule has 0 saturated heterocycles. The lowest BCUT2D eigenvalue weighted by atomic mass is 9.73. The highest BCUT2D eigenvalue weighted by Crippen LogP contribution is 2.44. The van der Waals surface area contributed by atoms with Crippen LogP contribution in [0.15, 0.2) is 77.7 Å². The van der Waals surface area contributed by atoms with Crippen LogP contribution in [-0.4, -0.2) is 18.1 Å². The zero-order valence-electron chi connectivity index (χ0n) is 17.0. The van der Waals surface area contributed by atoms with Gasteiger partial charge in [0.2, 0.25) is 0 Å². The van der Waals surface area contributed by atoms with Crippen molar-refractivity contribution in [3.63, 3.8) is 0 Å². The topological polar surface area (TPSA) is 74.6 Å². The molecular weight excluding hydrogens is 384 g/mol. The third-order valence-electron chi connectivity index (χ3n) is 5.74. The molecule has 0 saturated carbocycles. The Bertz CT molecular complexity index is 1120. The van der Waals surface area contributed by atoms with Crippen LogP contribution in [0.1, 0.15) is 49.9 Å². The molecule has 4 nitrogen and oxygen atoms in total. The summed E-state index contributed by atoms with van der Waals surface area (Å²) < 4.78 is 34.0. The van der Waals surface area contributed by atoms with Crippen LogP contribution in [0.2, 0.25) is 0 Å². The Morgan fingerprint density at radius 3 is 1.59 bits per heavy atom. The van der Waals surface area contributed by atoms with Gasteiger partial charge in [-0.15, -0.1) is 0 Å². The Balaban J connectivity index is 2.32. The van der Waals surface area contributed by atoms with Crippen molar-refractivity contribution in [1.29, 1.82) is 0 Å². The summed E-state index contributed by atoms with van der Waals surface area (Å²) in [6.45, 7) is 7.82. The minimum Gasteiger partial charge on any atom is -0.506 e. The summed E-state index contributed by atoms with van der Waals surface area (Å²) in [7, 11) is -4.61. The fraction of sp³-hybridized carbons (Fsp3) is 0.250. The SMILES string of the molecule is CC(C)(c1ccccc1)c1cc(C(C)(C)c2ccccc2)c(O)c(S(=O)(=O)O)c1. The van der Waals surface area contributed by atoms with E-state index >= 15 is 0 Å². The number of phenols is 1. The summed E-state index contributed by atoms with van der Waals surface area (Å²) in [6, 6.07) is 22.5. The van der Waals surface area contributed by atoms with Gasteiger partial charge in [-0.05, 0) is 22.8 Å². The fourth-order valence-electron chi connectivity index (χ4n) is 3.67. The van der Waals surface area contributed by atoms with Crippen LogP contribution in [0, 0.1) is 0 Å². The lowest BCUT2D eigenvalue weighted by Gasteiger charge is -2.32. The normalized spacial score (nSPS) is 12.7. The Morgan fingerprint density at radius 2 is 1.14 bits per heavy atom. The van der Waals surface area contributed by atoms with Gasteiger partial charge in [-0.3, -0.25) is 4.55 Å². The van der Waals surface area contributed by atoms with Gasteiger partial charge in [-0.1, -0.05) is 94.4 Å². The molecule has 0 spiro atoms. The van der Waals surface area contributed by atoms with Crippen molar-refractivity contribution in [2.24, 2.45) is 0 Å². The van der Waals surface area contributed by atoms with Crippen molar-refractivity contribution in [2.75, 3.05) is 0 Å². The molecule has 5 heteroatoms. The standard InChI is InChI=1S/C24H26O4S/c1-23(2,17-11-7-5-8-12-17)19-15-20(22(25)21(16-19)29(26,27)28)24(3,4)18-13-9-6-10-14-18/h5-16,25H,1-4H3,(H,26,27,28). The highest BCUT2D eigenvalue weighted by molar-refractivity contribution is 7.86.